The van der Waals surface area contributed by atoms with Crippen molar-refractivity contribution in [2.24, 2.45) is 5.92 Å². The van der Waals surface area contributed by atoms with Gasteiger partial charge in [0.15, 0.2) is 0 Å². The summed E-state index contributed by atoms with van der Waals surface area (Å²) in [7, 11) is -3.54. The van der Waals surface area contributed by atoms with E-state index in [2.05, 4.69) is 12.2 Å². The first kappa shape index (κ1) is 18.4. The topological polar surface area (TPSA) is 66.5 Å². The van der Waals surface area contributed by atoms with Crippen molar-refractivity contribution in [2.45, 2.75) is 24.7 Å². The van der Waals surface area contributed by atoms with Crippen LogP contribution in [0, 0.1) is 5.92 Å². The van der Waals surface area contributed by atoms with Gasteiger partial charge in [-0.2, -0.15) is 4.31 Å². The summed E-state index contributed by atoms with van der Waals surface area (Å²) in [6.07, 6.45) is 1.91. The molecule has 2 heterocycles. The fourth-order valence-electron chi connectivity index (χ4n) is 2.85. The molecule has 1 aliphatic rings. The molecule has 0 unspecified atom stereocenters. The molecular weight excluding hydrogens is 380 g/mol. The van der Waals surface area contributed by atoms with Crippen molar-refractivity contribution in [3.63, 3.8) is 0 Å². The molecule has 3 rings (SSSR count). The Morgan fingerprint density at radius 2 is 2.16 bits per heavy atom. The molecule has 0 aliphatic carbocycles. The lowest BCUT2D eigenvalue weighted by atomic mass is 10.0. The second-order valence-electron chi connectivity index (χ2n) is 6.22. The minimum Gasteiger partial charge on any atom is -0.321 e. The third-order valence-corrected chi connectivity index (χ3v) is 7.30. The van der Waals surface area contributed by atoms with Crippen LogP contribution in [-0.4, -0.2) is 31.7 Å². The number of halogens is 1. The normalized spacial score (nSPS) is 18.9. The van der Waals surface area contributed by atoms with Gasteiger partial charge in [-0.3, -0.25) is 4.79 Å². The highest BCUT2D eigenvalue weighted by atomic mass is 35.5. The zero-order valence-corrected chi connectivity index (χ0v) is 16.1. The number of carbonyl (C=O) groups is 1. The number of amides is 1. The van der Waals surface area contributed by atoms with E-state index in [1.807, 2.05) is 0 Å². The average molecular weight is 399 g/mol. The molecule has 0 radical (unpaired) electrons. The number of sulfonamides is 1. The molecule has 25 heavy (non-hydrogen) atoms. The molecule has 1 N–H and O–H groups in total. The second kappa shape index (κ2) is 7.45. The first-order valence-corrected chi connectivity index (χ1v) is 10.7. The summed E-state index contributed by atoms with van der Waals surface area (Å²) >= 11 is 7.02. The maximum absolute atomic E-state index is 12.8. The van der Waals surface area contributed by atoms with Crippen molar-refractivity contribution in [2.75, 3.05) is 18.4 Å². The van der Waals surface area contributed by atoms with Gasteiger partial charge in [-0.25, -0.2) is 8.42 Å². The molecule has 0 saturated carbocycles. The minimum absolute atomic E-state index is 0.183. The first-order chi connectivity index (χ1) is 11.9. The molecule has 1 aromatic carbocycles. The van der Waals surface area contributed by atoms with Crippen molar-refractivity contribution in [3.8, 4) is 0 Å². The van der Waals surface area contributed by atoms with Crippen LogP contribution in [0.3, 0.4) is 0 Å². The fraction of sp³-hybridized carbons (Fsp3) is 0.353. The molecule has 0 bridgehead atoms. The zero-order valence-electron chi connectivity index (χ0n) is 13.7. The van der Waals surface area contributed by atoms with Gasteiger partial charge in [0.2, 0.25) is 10.0 Å². The average Bonchev–Trinajstić information content (AvgIpc) is 3.06. The van der Waals surface area contributed by atoms with E-state index in [0.29, 0.717) is 34.6 Å². The van der Waals surface area contributed by atoms with E-state index in [-0.39, 0.29) is 10.8 Å². The molecule has 1 amide bonds. The second-order valence-corrected chi connectivity index (χ2v) is 9.51. The highest BCUT2D eigenvalue weighted by Crippen LogP contribution is 2.27. The molecule has 2 aromatic rings. The van der Waals surface area contributed by atoms with Crippen LogP contribution < -0.4 is 5.32 Å². The third-order valence-electron chi connectivity index (χ3n) is 4.14. The summed E-state index contributed by atoms with van der Waals surface area (Å²) in [5.74, 6) is 0.00786. The maximum atomic E-state index is 12.8. The lowest BCUT2D eigenvalue weighted by molar-refractivity contribution is 0.103. The molecule has 1 atom stereocenters. The van der Waals surface area contributed by atoms with Crippen LogP contribution in [0.5, 0.6) is 0 Å². The largest absolute Gasteiger partial charge is 0.321 e. The summed E-state index contributed by atoms with van der Waals surface area (Å²) in [5.41, 5.74) is 0.570. The van der Waals surface area contributed by atoms with Gasteiger partial charge >= 0.3 is 0 Å². The summed E-state index contributed by atoms with van der Waals surface area (Å²) in [4.78, 5) is 12.9. The Balaban J connectivity index is 1.76. The zero-order chi connectivity index (χ0) is 18.0. The van der Waals surface area contributed by atoms with Crippen LogP contribution in [0.4, 0.5) is 5.69 Å². The standard InChI is InChI=1S/C17H19ClN2O3S2/c1-12-4-3-7-20(10-12)25(22,23)15-9-16(24-11-15)17(21)19-14-6-2-5-13(18)8-14/h2,5-6,8-9,11-12H,3-4,7,10H2,1H3,(H,19,21)/t12-/m0/s1. The van der Waals surface area contributed by atoms with Gasteiger partial charge in [0.25, 0.3) is 5.91 Å². The monoisotopic (exact) mass is 398 g/mol. The molecule has 1 aliphatic heterocycles. The predicted octanol–water partition coefficient (Wildman–Crippen LogP) is 4.07. The molecule has 5 nitrogen and oxygen atoms in total. The Kier molecular flexibility index (Phi) is 5.48. The molecule has 0 spiro atoms. The van der Waals surface area contributed by atoms with Gasteiger partial charge in [-0.05, 0) is 43.0 Å². The van der Waals surface area contributed by atoms with Crippen molar-refractivity contribution in [1.29, 1.82) is 0 Å². The smallest absolute Gasteiger partial charge is 0.265 e. The Hall–Kier alpha value is -1.41. The number of hydrogen-bond donors (Lipinski definition) is 1. The van der Waals surface area contributed by atoms with E-state index in [9.17, 15) is 13.2 Å². The highest BCUT2D eigenvalue weighted by Gasteiger charge is 2.30. The number of nitrogens with zero attached hydrogens (tertiary/aromatic N) is 1. The van der Waals surface area contributed by atoms with Gasteiger partial charge in [0.1, 0.15) is 0 Å². The Labute approximate surface area is 156 Å². The van der Waals surface area contributed by atoms with Crippen LogP contribution in [0.15, 0.2) is 40.6 Å². The van der Waals surface area contributed by atoms with Gasteiger partial charge < -0.3 is 5.32 Å². The summed E-state index contributed by atoms with van der Waals surface area (Å²) in [6.45, 7) is 3.12. The summed E-state index contributed by atoms with van der Waals surface area (Å²) in [6, 6.07) is 8.26. The van der Waals surface area contributed by atoms with Crippen LogP contribution in [0.2, 0.25) is 5.02 Å². The number of thiophene rings is 1. The van der Waals surface area contributed by atoms with Gasteiger partial charge in [-0.1, -0.05) is 24.6 Å². The molecular formula is C17H19ClN2O3S2. The first-order valence-electron chi connectivity index (χ1n) is 8.02. The minimum atomic E-state index is -3.54. The van der Waals surface area contributed by atoms with Gasteiger partial charge in [-0.15, -0.1) is 11.3 Å². The van der Waals surface area contributed by atoms with E-state index in [4.69, 9.17) is 11.6 Å². The predicted molar refractivity (Wildman–Crippen MR) is 101 cm³/mol. The maximum Gasteiger partial charge on any atom is 0.265 e. The number of nitrogens with one attached hydrogen (secondary N) is 1. The Morgan fingerprint density at radius 3 is 2.88 bits per heavy atom. The Bertz CT molecular complexity index is 880. The number of hydrogen-bond acceptors (Lipinski definition) is 4. The van der Waals surface area contributed by atoms with Crippen LogP contribution >= 0.6 is 22.9 Å². The lowest BCUT2D eigenvalue weighted by Crippen LogP contribution is -2.38. The van der Waals surface area contributed by atoms with Crippen molar-refractivity contribution in [1.82, 2.24) is 4.31 Å². The van der Waals surface area contributed by atoms with Crippen molar-refractivity contribution in [3.05, 3.63) is 45.6 Å². The van der Waals surface area contributed by atoms with E-state index in [1.165, 1.54) is 15.8 Å². The van der Waals surface area contributed by atoms with Gasteiger partial charge in [0.05, 0.1) is 9.77 Å². The summed E-state index contributed by atoms with van der Waals surface area (Å²) in [5, 5.41) is 4.78. The number of rotatable bonds is 4. The molecule has 8 heteroatoms. The third kappa shape index (κ3) is 4.23. The van der Waals surface area contributed by atoms with Crippen molar-refractivity contribution >= 4 is 44.6 Å². The number of carbonyl (C=O) groups excluding carboxylic acids is 1. The highest BCUT2D eigenvalue weighted by molar-refractivity contribution is 7.89. The van der Waals surface area contributed by atoms with Crippen LogP contribution in [-0.2, 0) is 10.0 Å². The van der Waals surface area contributed by atoms with Crippen molar-refractivity contribution < 1.29 is 13.2 Å². The molecule has 1 fully saturated rings. The quantitative estimate of drug-likeness (QED) is 0.843. The number of benzene rings is 1. The molecule has 1 saturated heterocycles. The summed E-state index contributed by atoms with van der Waals surface area (Å²) < 4.78 is 27.0. The van der Waals surface area contributed by atoms with Crippen LogP contribution in [0.1, 0.15) is 29.4 Å². The van der Waals surface area contributed by atoms with E-state index >= 15 is 0 Å². The lowest BCUT2D eigenvalue weighted by Gasteiger charge is -2.29. The fourth-order valence-corrected chi connectivity index (χ4v) is 5.79. The number of piperidine rings is 1. The van der Waals surface area contributed by atoms with Crippen LogP contribution in [0.25, 0.3) is 0 Å². The molecule has 134 valence electrons. The van der Waals surface area contributed by atoms with E-state index < -0.39 is 10.0 Å². The Morgan fingerprint density at radius 1 is 1.36 bits per heavy atom. The SMILES string of the molecule is C[C@H]1CCCN(S(=O)(=O)c2csc(C(=O)Nc3cccc(Cl)c3)c2)C1. The number of anilines is 1. The molecule has 1 aromatic heterocycles. The van der Waals surface area contributed by atoms with E-state index in [0.717, 1.165) is 24.2 Å². The van der Waals surface area contributed by atoms with E-state index in [1.54, 1.807) is 24.3 Å². The van der Waals surface area contributed by atoms with Gasteiger partial charge in [0, 0.05) is 29.2 Å².